The largest absolute Gasteiger partial charge is 0.315 e. The Balaban J connectivity index is 2.08. The number of hydrogen-bond acceptors (Lipinski definition) is 6. The van der Waals surface area contributed by atoms with Crippen molar-refractivity contribution < 1.29 is 8.42 Å². The van der Waals surface area contributed by atoms with E-state index < -0.39 is 15.6 Å². The molecule has 9 nitrogen and oxygen atoms in total. The van der Waals surface area contributed by atoms with Gasteiger partial charge in [-0.15, -0.1) is 0 Å². The number of aromatic nitrogens is 4. The fourth-order valence-corrected chi connectivity index (χ4v) is 2.53. The lowest BCUT2D eigenvalue weighted by molar-refractivity contribution is 0.564. The number of H-pyrrole nitrogens is 1. The lowest BCUT2D eigenvalue weighted by Gasteiger charge is -2.04. The van der Waals surface area contributed by atoms with Crippen molar-refractivity contribution in [3.05, 3.63) is 34.9 Å². The normalized spacial score (nSPS) is 11.5. The van der Waals surface area contributed by atoms with Gasteiger partial charge in [0, 0.05) is 18.8 Å². The van der Waals surface area contributed by atoms with E-state index in [0.717, 1.165) is 6.54 Å². The number of anilines is 1. The highest BCUT2D eigenvalue weighted by Gasteiger charge is 2.17. The van der Waals surface area contributed by atoms with Crippen LogP contribution in [0, 0.1) is 0 Å². The molecule has 3 N–H and O–H groups in total. The van der Waals surface area contributed by atoms with Crippen molar-refractivity contribution in [2.75, 3.05) is 17.8 Å². The van der Waals surface area contributed by atoms with Gasteiger partial charge in [0.25, 0.3) is 15.6 Å². The smallest absolute Gasteiger partial charge is 0.266 e. The molecule has 2 rings (SSSR count). The summed E-state index contributed by atoms with van der Waals surface area (Å²) in [5.41, 5.74) is -0.408. The number of hydrogen-bond donors (Lipinski definition) is 3. The molecule has 0 spiro atoms. The first-order valence-corrected chi connectivity index (χ1v) is 7.81. The van der Waals surface area contributed by atoms with Gasteiger partial charge in [-0.25, -0.2) is 13.5 Å². The molecule has 0 unspecified atom stereocenters. The summed E-state index contributed by atoms with van der Waals surface area (Å²) < 4.78 is 28.0. The maximum absolute atomic E-state index is 12.1. The number of nitrogens with one attached hydrogen (secondary N) is 3. The third-order valence-corrected chi connectivity index (χ3v) is 3.91. The second kappa shape index (κ2) is 6.50. The second-order valence-corrected chi connectivity index (χ2v) is 5.89. The molecular weight excluding hydrogens is 296 g/mol. The SMILES string of the molecule is CCNCCn1cc(S(=O)(=O)Nc2ccc(=O)[nH]n2)cn1. The average molecular weight is 312 g/mol. The summed E-state index contributed by atoms with van der Waals surface area (Å²) in [6, 6.07) is 2.47. The van der Waals surface area contributed by atoms with Gasteiger partial charge in [0.1, 0.15) is 4.90 Å². The Morgan fingerprint density at radius 1 is 1.38 bits per heavy atom. The van der Waals surface area contributed by atoms with Crippen LogP contribution < -0.4 is 15.6 Å². The number of nitrogens with zero attached hydrogens (tertiary/aromatic N) is 3. The van der Waals surface area contributed by atoms with Gasteiger partial charge < -0.3 is 5.32 Å². The molecular formula is C11H16N6O3S. The van der Waals surface area contributed by atoms with Crippen LogP contribution in [0.3, 0.4) is 0 Å². The minimum absolute atomic E-state index is 0.0343. The number of sulfonamides is 1. The lowest BCUT2D eigenvalue weighted by Crippen LogP contribution is -2.19. The van der Waals surface area contributed by atoms with Crippen LogP contribution in [0.4, 0.5) is 5.82 Å². The van der Waals surface area contributed by atoms with Crippen molar-refractivity contribution >= 4 is 15.8 Å². The van der Waals surface area contributed by atoms with Crippen LogP contribution in [0.25, 0.3) is 0 Å². The van der Waals surface area contributed by atoms with E-state index >= 15 is 0 Å². The lowest BCUT2D eigenvalue weighted by atomic mass is 10.5. The predicted octanol–water partition coefficient (Wildman–Crippen LogP) is -0.623. The monoisotopic (exact) mass is 312 g/mol. The number of likely N-dealkylation sites (N-methyl/N-ethyl adjacent to an activating group) is 1. The molecule has 0 radical (unpaired) electrons. The Kier molecular flexibility index (Phi) is 4.70. The topological polar surface area (TPSA) is 122 Å². The highest BCUT2D eigenvalue weighted by atomic mass is 32.2. The molecule has 0 amide bonds. The molecule has 0 aliphatic heterocycles. The zero-order chi connectivity index (χ0) is 15.3. The standard InChI is InChI=1S/C11H16N6O3S/c1-2-12-5-6-17-8-9(7-13-17)21(19,20)16-10-3-4-11(18)15-14-10/h3-4,7-8,12H,2,5-6H2,1H3,(H,14,16)(H,15,18). The molecule has 0 aliphatic carbocycles. The Bertz CT molecular complexity index is 731. The van der Waals surface area contributed by atoms with Crippen LogP contribution in [0.5, 0.6) is 0 Å². The quantitative estimate of drug-likeness (QED) is 0.586. The van der Waals surface area contributed by atoms with Gasteiger partial charge in [-0.05, 0) is 12.6 Å². The molecule has 0 fully saturated rings. The molecule has 10 heteroatoms. The van der Waals surface area contributed by atoms with Gasteiger partial charge in [-0.1, -0.05) is 6.92 Å². The Morgan fingerprint density at radius 3 is 2.86 bits per heavy atom. The zero-order valence-electron chi connectivity index (χ0n) is 11.4. The van der Waals surface area contributed by atoms with E-state index in [4.69, 9.17) is 0 Å². The van der Waals surface area contributed by atoms with Gasteiger partial charge in [0.05, 0.1) is 12.7 Å². The maximum Gasteiger partial charge on any atom is 0.266 e. The van der Waals surface area contributed by atoms with Crippen LogP contribution in [-0.2, 0) is 16.6 Å². The summed E-state index contributed by atoms with van der Waals surface area (Å²) >= 11 is 0. The van der Waals surface area contributed by atoms with E-state index in [1.807, 2.05) is 6.92 Å². The van der Waals surface area contributed by atoms with Crippen molar-refractivity contribution in [2.45, 2.75) is 18.4 Å². The molecule has 0 bridgehead atoms. The van der Waals surface area contributed by atoms with Crippen LogP contribution in [0.15, 0.2) is 34.2 Å². The van der Waals surface area contributed by atoms with Crippen molar-refractivity contribution in [1.29, 1.82) is 0 Å². The molecule has 114 valence electrons. The van der Waals surface area contributed by atoms with E-state index in [-0.39, 0.29) is 10.7 Å². The Labute approximate surface area is 121 Å². The minimum atomic E-state index is -3.77. The van der Waals surface area contributed by atoms with Gasteiger partial charge in [0.2, 0.25) is 0 Å². The first kappa shape index (κ1) is 15.2. The molecule has 2 heterocycles. The van der Waals surface area contributed by atoms with Gasteiger partial charge >= 0.3 is 0 Å². The summed E-state index contributed by atoms with van der Waals surface area (Å²) in [6.07, 6.45) is 2.70. The number of rotatable bonds is 7. The van der Waals surface area contributed by atoms with Crippen molar-refractivity contribution in [1.82, 2.24) is 25.3 Å². The highest BCUT2D eigenvalue weighted by Crippen LogP contribution is 2.11. The fraction of sp³-hybridized carbons (Fsp3) is 0.364. The molecule has 0 aromatic carbocycles. The van der Waals surface area contributed by atoms with Crippen LogP contribution >= 0.6 is 0 Å². The molecule has 2 aromatic rings. The first-order valence-electron chi connectivity index (χ1n) is 6.33. The summed E-state index contributed by atoms with van der Waals surface area (Å²) in [4.78, 5) is 10.9. The van der Waals surface area contributed by atoms with Crippen LogP contribution in [0.2, 0.25) is 0 Å². The maximum atomic E-state index is 12.1. The van der Waals surface area contributed by atoms with E-state index in [1.165, 1.54) is 29.2 Å². The van der Waals surface area contributed by atoms with E-state index in [9.17, 15) is 13.2 Å². The molecule has 0 saturated carbocycles. The summed E-state index contributed by atoms with van der Waals surface area (Å²) in [5.74, 6) is 0.0370. The fourth-order valence-electron chi connectivity index (χ4n) is 1.57. The first-order chi connectivity index (χ1) is 10.0. The van der Waals surface area contributed by atoms with E-state index in [2.05, 4.69) is 25.3 Å². The van der Waals surface area contributed by atoms with Crippen molar-refractivity contribution in [3.8, 4) is 0 Å². The molecule has 21 heavy (non-hydrogen) atoms. The third-order valence-electron chi connectivity index (χ3n) is 2.61. The van der Waals surface area contributed by atoms with Crippen molar-refractivity contribution in [2.24, 2.45) is 0 Å². The molecule has 0 atom stereocenters. The summed E-state index contributed by atoms with van der Waals surface area (Å²) in [6.45, 7) is 4.10. The third kappa shape index (κ3) is 4.13. The van der Waals surface area contributed by atoms with Gasteiger partial charge in [0.15, 0.2) is 5.82 Å². The predicted molar refractivity (Wildman–Crippen MR) is 76.4 cm³/mol. The molecule has 0 aliphatic rings. The average Bonchev–Trinajstić information content (AvgIpc) is 2.91. The minimum Gasteiger partial charge on any atom is -0.315 e. The Hall–Kier alpha value is -2.20. The molecule has 2 aromatic heterocycles. The number of aromatic amines is 1. The second-order valence-electron chi connectivity index (χ2n) is 4.20. The van der Waals surface area contributed by atoms with Crippen molar-refractivity contribution in [3.63, 3.8) is 0 Å². The Morgan fingerprint density at radius 2 is 2.19 bits per heavy atom. The zero-order valence-corrected chi connectivity index (χ0v) is 12.2. The molecule has 0 saturated heterocycles. The van der Waals surface area contributed by atoms with Crippen LogP contribution in [-0.4, -0.2) is 41.5 Å². The van der Waals surface area contributed by atoms with Crippen LogP contribution in [0.1, 0.15) is 6.92 Å². The van der Waals surface area contributed by atoms with E-state index in [0.29, 0.717) is 13.1 Å². The summed E-state index contributed by atoms with van der Waals surface area (Å²) in [5, 5.41) is 12.9. The van der Waals surface area contributed by atoms with Gasteiger partial charge in [-0.3, -0.25) is 14.2 Å². The summed E-state index contributed by atoms with van der Waals surface area (Å²) in [7, 11) is -3.77. The highest BCUT2D eigenvalue weighted by molar-refractivity contribution is 7.92. The van der Waals surface area contributed by atoms with Gasteiger partial charge in [-0.2, -0.15) is 10.2 Å². The van der Waals surface area contributed by atoms with E-state index in [1.54, 1.807) is 0 Å².